The van der Waals surface area contributed by atoms with Gasteiger partial charge in [-0.25, -0.2) is 0 Å². The van der Waals surface area contributed by atoms with Crippen LogP contribution in [0, 0.1) is 10.8 Å². The summed E-state index contributed by atoms with van der Waals surface area (Å²) < 4.78 is 10.5. The van der Waals surface area contributed by atoms with Crippen LogP contribution < -0.4 is 10.6 Å². The molecule has 2 atom stereocenters. The van der Waals surface area contributed by atoms with Gasteiger partial charge < -0.3 is 25.2 Å². The molecule has 0 aromatic rings. The van der Waals surface area contributed by atoms with Crippen molar-refractivity contribution in [2.24, 2.45) is 10.8 Å². The van der Waals surface area contributed by atoms with E-state index >= 15 is 0 Å². The molecule has 7 heteroatoms. The van der Waals surface area contributed by atoms with Crippen LogP contribution in [0.15, 0.2) is 0 Å². The van der Waals surface area contributed by atoms with Crippen LogP contribution in [0.5, 0.6) is 0 Å². The first-order valence-electron chi connectivity index (χ1n) is 7.26. The van der Waals surface area contributed by atoms with E-state index in [4.69, 9.17) is 9.47 Å². The lowest BCUT2D eigenvalue weighted by molar-refractivity contribution is -0.149. The molecule has 1 amide bonds. The molecule has 0 bridgehead atoms. The number of hydrogen-bond acceptors (Lipinski definition) is 5. The van der Waals surface area contributed by atoms with Gasteiger partial charge in [0.1, 0.15) is 5.41 Å². The number of carbonyl (C=O) groups is 2. The fourth-order valence-electron chi connectivity index (χ4n) is 3.01. The second-order valence-corrected chi connectivity index (χ2v) is 6.23. The van der Waals surface area contributed by atoms with E-state index in [1.165, 1.54) is 0 Å². The molecule has 2 heterocycles. The lowest BCUT2D eigenvalue weighted by Gasteiger charge is -2.37. The number of carboxylic acids is 1. The molecule has 0 aliphatic carbocycles. The van der Waals surface area contributed by atoms with Gasteiger partial charge in [-0.15, -0.1) is 0 Å². The van der Waals surface area contributed by atoms with Gasteiger partial charge in [0.15, 0.2) is 0 Å². The number of ether oxygens (including phenoxy) is 2. The normalized spacial score (nSPS) is 31.8. The molecule has 2 rings (SSSR count). The zero-order chi connectivity index (χ0) is 15.5. The molecule has 120 valence electrons. The zero-order valence-corrected chi connectivity index (χ0v) is 12.6. The van der Waals surface area contributed by atoms with Crippen LogP contribution in [0.1, 0.15) is 19.8 Å². The minimum absolute atomic E-state index is 0.117. The lowest BCUT2D eigenvalue weighted by Crippen LogP contribution is -2.56. The first-order valence-corrected chi connectivity index (χ1v) is 7.26. The van der Waals surface area contributed by atoms with Gasteiger partial charge >= 0.3 is 5.97 Å². The molecule has 21 heavy (non-hydrogen) atoms. The monoisotopic (exact) mass is 300 g/mol. The van der Waals surface area contributed by atoms with Crippen LogP contribution in [0.4, 0.5) is 0 Å². The second kappa shape index (κ2) is 6.29. The third kappa shape index (κ3) is 3.04. The van der Waals surface area contributed by atoms with Gasteiger partial charge in [0, 0.05) is 7.11 Å². The molecule has 2 aliphatic heterocycles. The van der Waals surface area contributed by atoms with Crippen LogP contribution >= 0.6 is 0 Å². The Hall–Kier alpha value is -1.18. The molecule has 0 spiro atoms. The Bertz CT molecular complexity index is 403. The van der Waals surface area contributed by atoms with Gasteiger partial charge in [-0.3, -0.25) is 9.59 Å². The minimum Gasteiger partial charge on any atom is -0.481 e. The minimum atomic E-state index is -1.07. The summed E-state index contributed by atoms with van der Waals surface area (Å²) in [4.78, 5) is 24.1. The molecule has 7 nitrogen and oxygen atoms in total. The van der Waals surface area contributed by atoms with Crippen LogP contribution in [0.3, 0.4) is 0 Å². The number of aliphatic carboxylic acids is 1. The number of amides is 1. The van der Waals surface area contributed by atoms with Crippen molar-refractivity contribution in [3.05, 3.63) is 0 Å². The molecule has 2 saturated heterocycles. The van der Waals surface area contributed by atoms with Crippen molar-refractivity contribution in [1.29, 1.82) is 0 Å². The number of rotatable bonds is 5. The van der Waals surface area contributed by atoms with Crippen molar-refractivity contribution in [3.63, 3.8) is 0 Å². The average Bonchev–Trinajstić information content (AvgIpc) is 2.83. The highest BCUT2D eigenvalue weighted by Crippen LogP contribution is 2.33. The second-order valence-electron chi connectivity index (χ2n) is 6.23. The summed E-state index contributed by atoms with van der Waals surface area (Å²) in [6.45, 7) is 3.82. The maximum Gasteiger partial charge on any atom is 0.313 e. The molecular weight excluding hydrogens is 276 g/mol. The Morgan fingerprint density at radius 1 is 1.43 bits per heavy atom. The predicted octanol–water partition coefficient (Wildman–Crippen LogP) is -0.391. The number of hydrogen-bond donors (Lipinski definition) is 3. The van der Waals surface area contributed by atoms with Crippen LogP contribution in [0.25, 0.3) is 0 Å². The first-order chi connectivity index (χ1) is 9.94. The predicted molar refractivity (Wildman–Crippen MR) is 74.9 cm³/mol. The van der Waals surface area contributed by atoms with E-state index in [1.54, 1.807) is 14.0 Å². The van der Waals surface area contributed by atoms with Crippen molar-refractivity contribution in [2.75, 3.05) is 40.0 Å². The summed E-state index contributed by atoms with van der Waals surface area (Å²) in [5.41, 5.74) is -1.65. The summed E-state index contributed by atoms with van der Waals surface area (Å²) in [6.07, 6.45) is 1.37. The quantitative estimate of drug-likeness (QED) is 0.640. The largest absolute Gasteiger partial charge is 0.481 e. The Kier molecular flexibility index (Phi) is 4.85. The number of carbonyl (C=O) groups excluding carboxylic acids is 1. The van der Waals surface area contributed by atoms with E-state index in [1.807, 2.05) is 0 Å². The highest BCUT2D eigenvalue weighted by atomic mass is 16.5. The number of methoxy groups -OCH3 is 1. The Balaban J connectivity index is 2.10. The van der Waals surface area contributed by atoms with Crippen LogP contribution in [-0.4, -0.2) is 63.0 Å². The van der Waals surface area contributed by atoms with E-state index < -0.39 is 22.8 Å². The number of piperidine rings is 1. The highest BCUT2D eigenvalue weighted by Gasteiger charge is 2.49. The topological polar surface area (TPSA) is 96.9 Å². The summed E-state index contributed by atoms with van der Waals surface area (Å²) in [7, 11) is 1.58. The zero-order valence-electron chi connectivity index (χ0n) is 12.6. The van der Waals surface area contributed by atoms with Gasteiger partial charge in [-0.2, -0.15) is 0 Å². The van der Waals surface area contributed by atoms with Crippen LogP contribution in [0.2, 0.25) is 0 Å². The van der Waals surface area contributed by atoms with Crippen LogP contribution in [-0.2, 0) is 19.1 Å². The highest BCUT2D eigenvalue weighted by molar-refractivity contribution is 5.85. The van der Waals surface area contributed by atoms with Gasteiger partial charge in [0.05, 0.1) is 31.3 Å². The molecule has 3 N–H and O–H groups in total. The third-order valence-corrected chi connectivity index (χ3v) is 4.71. The summed E-state index contributed by atoms with van der Waals surface area (Å²) in [5.74, 6) is -1.08. The summed E-state index contributed by atoms with van der Waals surface area (Å²) in [5, 5.41) is 15.5. The summed E-state index contributed by atoms with van der Waals surface area (Å²) >= 11 is 0. The molecule has 2 unspecified atom stereocenters. The van der Waals surface area contributed by atoms with Crippen molar-refractivity contribution < 1.29 is 24.2 Å². The van der Waals surface area contributed by atoms with E-state index in [2.05, 4.69) is 10.6 Å². The Labute approximate surface area is 124 Å². The Morgan fingerprint density at radius 3 is 2.67 bits per heavy atom. The number of carboxylic acid groups (broad SMARTS) is 1. The van der Waals surface area contributed by atoms with Crippen molar-refractivity contribution >= 4 is 11.9 Å². The molecule has 0 saturated carbocycles. The van der Waals surface area contributed by atoms with Gasteiger partial charge in [-0.05, 0) is 32.9 Å². The average molecular weight is 300 g/mol. The molecular formula is C14H24N2O5. The van der Waals surface area contributed by atoms with E-state index in [0.717, 1.165) is 13.1 Å². The molecule has 2 aliphatic rings. The first kappa shape index (κ1) is 16.2. The standard InChI is InChI=1S/C14H24N2O5/c1-13(12(18)19)8-21-7-10(13)16-11(17)14(9-20-2)3-5-15-6-4-14/h10,15H,3-9H2,1-2H3,(H,16,17)(H,18,19). The summed E-state index contributed by atoms with van der Waals surface area (Å²) in [6, 6.07) is -0.508. The van der Waals surface area contributed by atoms with E-state index in [9.17, 15) is 14.7 Å². The fourth-order valence-corrected chi connectivity index (χ4v) is 3.01. The number of nitrogens with one attached hydrogen (secondary N) is 2. The third-order valence-electron chi connectivity index (χ3n) is 4.71. The Morgan fingerprint density at radius 2 is 2.10 bits per heavy atom. The SMILES string of the molecule is COCC1(C(=O)NC2COCC2(C)C(=O)O)CCNCC1. The lowest BCUT2D eigenvalue weighted by atomic mass is 9.77. The van der Waals surface area contributed by atoms with Gasteiger partial charge in [-0.1, -0.05) is 0 Å². The maximum absolute atomic E-state index is 12.7. The van der Waals surface area contributed by atoms with Gasteiger partial charge in [0.2, 0.25) is 5.91 Å². The van der Waals surface area contributed by atoms with Crippen molar-refractivity contribution in [3.8, 4) is 0 Å². The smallest absolute Gasteiger partial charge is 0.313 e. The maximum atomic E-state index is 12.7. The van der Waals surface area contributed by atoms with Gasteiger partial charge in [0.25, 0.3) is 0 Å². The van der Waals surface area contributed by atoms with Crippen molar-refractivity contribution in [1.82, 2.24) is 10.6 Å². The van der Waals surface area contributed by atoms with E-state index in [0.29, 0.717) is 19.4 Å². The van der Waals surface area contributed by atoms with Crippen molar-refractivity contribution in [2.45, 2.75) is 25.8 Å². The molecule has 2 fully saturated rings. The van der Waals surface area contributed by atoms with E-state index in [-0.39, 0.29) is 19.1 Å². The molecule has 0 aromatic carbocycles. The fraction of sp³-hybridized carbons (Fsp3) is 0.857. The molecule has 0 aromatic heterocycles. The molecule has 0 radical (unpaired) electrons.